The fraction of sp³-hybridized carbons (Fsp3) is 0.684. The fourth-order valence-corrected chi connectivity index (χ4v) is 3.31. The summed E-state index contributed by atoms with van der Waals surface area (Å²) in [5, 5.41) is 69.3. The van der Waals surface area contributed by atoms with Gasteiger partial charge in [0.25, 0.3) is 0 Å². The molecule has 2 fully saturated rings. The van der Waals surface area contributed by atoms with E-state index in [2.05, 4.69) is 0 Å². The molecule has 0 aromatic heterocycles. The molecule has 7 N–H and O–H groups in total. The van der Waals surface area contributed by atoms with E-state index in [0.29, 0.717) is 5.56 Å². The van der Waals surface area contributed by atoms with Crippen molar-refractivity contribution in [2.45, 2.75) is 55.3 Å². The number of aliphatic hydroxyl groups excluding tert-OH is 5. The molecule has 0 amide bonds. The average molecular weight is 448 g/mol. The first-order valence-electron chi connectivity index (χ1n) is 9.62. The van der Waals surface area contributed by atoms with Crippen LogP contribution < -0.4 is 4.74 Å². The molecule has 2 heterocycles. The van der Waals surface area contributed by atoms with Gasteiger partial charge in [-0.15, -0.1) is 0 Å². The molecule has 0 unspecified atom stereocenters. The van der Waals surface area contributed by atoms with Gasteiger partial charge < -0.3 is 59.4 Å². The fourth-order valence-electron chi connectivity index (χ4n) is 3.31. The Morgan fingerprint density at radius 3 is 2.45 bits per heavy atom. The van der Waals surface area contributed by atoms with Crippen LogP contribution >= 0.6 is 0 Å². The quantitative estimate of drug-likeness (QED) is 0.216. The van der Waals surface area contributed by atoms with Crippen LogP contribution in [0, 0.1) is 0 Å². The zero-order chi connectivity index (χ0) is 22.8. The minimum atomic E-state index is -1.87. The van der Waals surface area contributed by atoms with E-state index in [-0.39, 0.29) is 31.3 Å². The van der Waals surface area contributed by atoms with E-state index in [0.717, 1.165) is 0 Å². The Kier molecular flexibility index (Phi) is 7.70. The van der Waals surface area contributed by atoms with Crippen LogP contribution in [0.1, 0.15) is 5.56 Å². The molecule has 176 valence electrons. The van der Waals surface area contributed by atoms with Gasteiger partial charge in [0.05, 0.1) is 33.5 Å². The second-order valence-electron chi connectivity index (χ2n) is 7.55. The Morgan fingerprint density at radius 2 is 1.81 bits per heavy atom. The molecule has 8 atom stereocenters. The first kappa shape index (κ1) is 24.1. The highest BCUT2D eigenvalue weighted by Crippen LogP contribution is 2.29. The second-order valence-corrected chi connectivity index (χ2v) is 7.55. The first-order chi connectivity index (χ1) is 14.7. The summed E-state index contributed by atoms with van der Waals surface area (Å²) in [5.74, 6) is 0.172. The van der Waals surface area contributed by atoms with Crippen LogP contribution in [0.3, 0.4) is 0 Å². The Balaban J connectivity index is 1.59. The molecular formula is C19H28O12. The van der Waals surface area contributed by atoms with Crippen molar-refractivity contribution in [1.29, 1.82) is 0 Å². The van der Waals surface area contributed by atoms with Crippen LogP contribution in [0.2, 0.25) is 0 Å². The van der Waals surface area contributed by atoms with Crippen molar-refractivity contribution in [3.8, 4) is 11.5 Å². The highest BCUT2D eigenvalue weighted by atomic mass is 16.7. The lowest BCUT2D eigenvalue weighted by atomic mass is 9.99. The van der Waals surface area contributed by atoms with Crippen LogP contribution in [0.5, 0.6) is 11.5 Å². The van der Waals surface area contributed by atoms with Gasteiger partial charge in [-0.1, -0.05) is 6.07 Å². The number of phenolic OH excluding ortho intramolecular Hbond substituents is 1. The third kappa shape index (κ3) is 5.09. The SMILES string of the molecule is COc1cc(CO[C@@H]2O[C@H](CO[C@@H]3OC[C@](O)(CO)[C@H]3O)[C@@H](O)[C@H](O)[C@H]2O)ccc1O. The zero-order valence-electron chi connectivity index (χ0n) is 16.8. The average Bonchev–Trinajstić information content (AvgIpc) is 3.06. The van der Waals surface area contributed by atoms with Crippen molar-refractivity contribution >= 4 is 0 Å². The van der Waals surface area contributed by atoms with Crippen LogP contribution in [0.15, 0.2) is 18.2 Å². The van der Waals surface area contributed by atoms with Crippen LogP contribution in [0.4, 0.5) is 0 Å². The van der Waals surface area contributed by atoms with Gasteiger partial charge >= 0.3 is 0 Å². The summed E-state index contributed by atoms with van der Waals surface area (Å²) in [7, 11) is 1.39. The topological polar surface area (TPSA) is 188 Å². The van der Waals surface area contributed by atoms with Crippen molar-refractivity contribution in [3.63, 3.8) is 0 Å². The zero-order valence-corrected chi connectivity index (χ0v) is 16.8. The van der Waals surface area contributed by atoms with E-state index in [9.17, 15) is 30.6 Å². The van der Waals surface area contributed by atoms with E-state index in [1.165, 1.54) is 19.2 Å². The minimum absolute atomic E-state index is 0.0552. The Bertz CT molecular complexity index is 732. The third-order valence-corrected chi connectivity index (χ3v) is 5.33. The van der Waals surface area contributed by atoms with Gasteiger partial charge in [0.2, 0.25) is 0 Å². The molecule has 2 aliphatic heterocycles. The maximum atomic E-state index is 10.2. The standard InChI is InChI=1S/C19H28O12/c1-27-11-4-9(2-3-10(11)21)5-28-17-15(24)14(23)13(22)12(31-17)6-29-18-16(25)19(26,7-20)8-30-18/h2-4,12-18,20-26H,5-8H2,1H3/t12-,13-,14+,15-,16+,17-,18-,19-/m1/s1. The molecule has 2 aliphatic rings. The maximum Gasteiger partial charge on any atom is 0.187 e. The maximum absolute atomic E-state index is 10.2. The molecule has 0 saturated carbocycles. The monoisotopic (exact) mass is 448 g/mol. The van der Waals surface area contributed by atoms with Crippen molar-refractivity contribution in [1.82, 2.24) is 0 Å². The van der Waals surface area contributed by atoms with Crippen LogP contribution in [-0.4, -0.2) is 111 Å². The van der Waals surface area contributed by atoms with E-state index in [1.807, 2.05) is 0 Å². The van der Waals surface area contributed by atoms with Gasteiger partial charge in [-0.25, -0.2) is 0 Å². The number of hydrogen-bond donors (Lipinski definition) is 7. The van der Waals surface area contributed by atoms with Crippen molar-refractivity contribution in [2.75, 3.05) is 26.9 Å². The molecular weight excluding hydrogens is 420 g/mol. The normalized spacial score (nSPS) is 38.4. The summed E-state index contributed by atoms with van der Waals surface area (Å²) in [6.07, 6.45) is -10.00. The number of aliphatic hydroxyl groups is 6. The molecule has 1 aromatic rings. The lowest BCUT2D eigenvalue weighted by molar-refractivity contribution is -0.312. The number of aromatic hydroxyl groups is 1. The lowest BCUT2D eigenvalue weighted by Crippen LogP contribution is -2.59. The van der Waals surface area contributed by atoms with Crippen molar-refractivity contribution in [2.24, 2.45) is 0 Å². The molecule has 1 aromatic carbocycles. The molecule has 2 saturated heterocycles. The highest BCUT2D eigenvalue weighted by Gasteiger charge is 2.50. The van der Waals surface area contributed by atoms with Crippen LogP contribution in [0.25, 0.3) is 0 Å². The highest BCUT2D eigenvalue weighted by molar-refractivity contribution is 5.41. The molecule has 12 heteroatoms. The predicted octanol–water partition coefficient (Wildman–Crippen LogP) is -2.82. The number of benzene rings is 1. The van der Waals surface area contributed by atoms with Crippen molar-refractivity contribution < 1.29 is 59.4 Å². The summed E-state index contributed by atoms with van der Waals surface area (Å²) in [6, 6.07) is 4.50. The molecule has 0 aliphatic carbocycles. The van der Waals surface area contributed by atoms with Gasteiger partial charge in [-0.3, -0.25) is 0 Å². The largest absolute Gasteiger partial charge is 0.504 e. The number of rotatable bonds is 8. The Hall–Kier alpha value is -1.58. The first-order valence-corrected chi connectivity index (χ1v) is 9.62. The molecule has 0 radical (unpaired) electrons. The number of hydrogen-bond acceptors (Lipinski definition) is 12. The van der Waals surface area contributed by atoms with Gasteiger partial charge in [0, 0.05) is 0 Å². The minimum Gasteiger partial charge on any atom is -0.504 e. The smallest absolute Gasteiger partial charge is 0.187 e. The molecule has 0 bridgehead atoms. The van der Waals surface area contributed by atoms with E-state index >= 15 is 0 Å². The summed E-state index contributed by atoms with van der Waals surface area (Å²) >= 11 is 0. The molecule has 3 rings (SSSR count). The van der Waals surface area contributed by atoms with Crippen molar-refractivity contribution in [3.05, 3.63) is 23.8 Å². The van der Waals surface area contributed by atoms with E-state index in [1.54, 1.807) is 6.07 Å². The summed E-state index contributed by atoms with van der Waals surface area (Å²) < 4.78 is 26.5. The Morgan fingerprint density at radius 1 is 1.06 bits per heavy atom. The summed E-state index contributed by atoms with van der Waals surface area (Å²) in [4.78, 5) is 0. The van der Waals surface area contributed by atoms with Gasteiger partial charge in [-0.05, 0) is 17.7 Å². The molecule has 31 heavy (non-hydrogen) atoms. The summed E-state index contributed by atoms with van der Waals surface area (Å²) in [5.41, 5.74) is -1.28. The Labute approximate surface area is 177 Å². The second kappa shape index (κ2) is 9.92. The number of ether oxygens (including phenoxy) is 5. The van der Waals surface area contributed by atoms with Gasteiger partial charge in [-0.2, -0.15) is 0 Å². The number of phenols is 1. The third-order valence-electron chi connectivity index (χ3n) is 5.33. The van der Waals surface area contributed by atoms with Crippen LogP contribution in [-0.2, 0) is 25.6 Å². The molecule has 0 spiro atoms. The number of methoxy groups -OCH3 is 1. The lowest BCUT2D eigenvalue weighted by Gasteiger charge is -2.40. The van der Waals surface area contributed by atoms with Gasteiger partial charge in [0.1, 0.15) is 36.1 Å². The van der Waals surface area contributed by atoms with Gasteiger partial charge in [0.15, 0.2) is 24.1 Å². The molecule has 12 nitrogen and oxygen atoms in total. The van der Waals surface area contributed by atoms with E-state index < -0.39 is 55.3 Å². The van der Waals surface area contributed by atoms with E-state index in [4.69, 9.17) is 28.8 Å². The predicted molar refractivity (Wildman–Crippen MR) is 99.9 cm³/mol. The summed E-state index contributed by atoms with van der Waals surface area (Å²) in [6.45, 7) is -1.53.